The van der Waals surface area contributed by atoms with Gasteiger partial charge < -0.3 is 36.4 Å². The summed E-state index contributed by atoms with van der Waals surface area (Å²) in [5.74, 6) is 0.636. The van der Waals surface area contributed by atoms with Gasteiger partial charge in [0.05, 0.1) is 42.3 Å². The Balaban J connectivity index is 0.000000388. The summed E-state index contributed by atoms with van der Waals surface area (Å²) in [7, 11) is -4.27. The Kier molecular flexibility index (Phi) is 29.5. The van der Waals surface area contributed by atoms with Crippen LogP contribution in [0.2, 0.25) is 0 Å². The molecular formula is C48H100N11O6P. The number of phosphoric ester groups is 1. The van der Waals surface area contributed by atoms with Crippen molar-refractivity contribution in [3.63, 3.8) is 0 Å². The van der Waals surface area contributed by atoms with Crippen molar-refractivity contribution in [2.24, 2.45) is 29.2 Å². The summed E-state index contributed by atoms with van der Waals surface area (Å²) in [6.07, 6.45) is 1.81. The van der Waals surface area contributed by atoms with Crippen molar-refractivity contribution < 1.29 is 29.1 Å². The number of aliphatic hydroxyl groups excluding tert-OH is 2. The maximum absolute atomic E-state index is 10.4. The number of aliphatic hydroxyl groups is 2. The second-order valence-electron chi connectivity index (χ2n) is 21.5. The van der Waals surface area contributed by atoms with Crippen LogP contribution in [0.5, 0.6) is 0 Å². The number of nitrogens with zero attached hydrogens (tertiary/aromatic N) is 9. The van der Waals surface area contributed by atoms with E-state index in [0.29, 0.717) is 73.9 Å². The van der Waals surface area contributed by atoms with Gasteiger partial charge in [0.25, 0.3) is 0 Å². The molecule has 7 rings (SSSR count). The van der Waals surface area contributed by atoms with E-state index in [0.717, 1.165) is 58.4 Å². The fourth-order valence-corrected chi connectivity index (χ4v) is 8.65. The minimum Gasteiger partial charge on any atom is -0.390 e. The molecule has 0 saturated carbocycles. The first kappa shape index (κ1) is 62.7. The Labute approximate surface area is 403 Å². The second-order valence-corrected chi connectivity index (χ2v) is 22.7. The number of hydrogen-bond acceptors (Lipinski definition) is 15. The number of β-amino-alcohol motifs (C(OH)–C–C–N with tert-alkyl or cyclic N) is 2. The molecule has 8 N–H and O–H groups in total. The van der Waals surface area contributed by atoms with E-state index >= 15 is 0 Å². The van der Waals surface area contributed by atoms with E-state index in [1.807, 2.05) is 13.8 Å². The van der Waals surface area contributed by atoms with Crippen LogP contribution < -0.4 is 11.5 Å². The monoisotopic (exact) mass is 958 g/mol. The number of hydrogen-bond donors (Lipinski definition) is 6. The first-order valence-electron chi connectivity index (χ1n) is 25.2. The lowest BCUT2D eigenvalue weighted by atomic mass is 10.0. The highest BCUT2D eigenvalue weighted by atomic mass is 31.2. The molecule has 7 heterocycles. The molecule has 0 bridgehead atoms. The van der Waals surface area contributed by atoms with E-state index < -0.39 is 13.9 Å². The van der Waals surface area contributed by atoms with E-state index in [4.69, 9.17) is 36.9 Å². The Morgan fingerprint density at radius 3 is 1.11 bits per heavy atom. The zero-order chi connectivity index (χ0) is 50.6. The van der Waals surface area contributed by atoms with E-state index in [9.17, 15) is 9.67 Å². The van der Waals surface area contributed by atoms with Crippen molar-refractivity contribution >= 4 is 7.82 Å². The predicted molar refractivity (Wildman–Crippen MR) is 268 cm³/mol. The standard InChI is InChI=1S/C9H16N2.C8H14N2O.C7H16N2.C6H14N2.C6H14NO4P.C6H13NO.C6H13N/c1-7(2)11-5-8(3)9(4-10)6-11;1-6(2)10-4-7(3-9)8(11)5-10;1-6(2)9-4-3-7(8)5-9;1-5(2)8-3-6(7)4-8;1-5(2)7-3-6(4-7)11-12(8,9)10;1-5(2)7-3-6(8)4-7;1-6(2)7-4-3-5-7/h7-9H,5-6H2,1-3H3;6-8,11H,4-5H2,1-2H3;6-7H,3-5,8H2,1-2H3;5-6H,3-4,7H2,1-2H3;5-6H,3-4H2,1-2H3,(H2,8,9,10);5-6,8H,3-4H2,1-2H3;6H,3-5H2,1-2H3/t8-,9+;7-,8+;7-;;;;/m000..../s1. The van der Waals surface area contributed by atoms with Crippen LogP contribution in [0.15, 0.2) is 0 Å². The van der Waals surface area contributed by atoms with Gasteiger partial charge in [0.2, 0.25) is 0 Å². The summed E-state index contributed by atoms with van der Waals surface area (Å²) < 4.78 is 14.8. The van der Waals surface area contributed by atoms with Crippen LogP contribution in [0, 0.1) is 40.4 Å². The van der Waals surface area contributed by atoms with E-state index in [1.165, 1.54) is 32.5 Å². The van der Waals surface area contributed by atoms with Crippen LogP contribution in [0.1, 0.15) is 117 Å². The molecule has 18 heteroatoms. The molecule has 0 unspecified atom stereocenters. The quantitative estimate of drug-likeness (QED) is 0.182. The third kappa shape index (κ3) is 24.5. The zero-order valence-corrected chi connectivity index (χ0v) is 45.1. The van der Waals surface area contributed by atoms with Gasteiger partial charge in [0.1, 0.15) is 0 Å². The summed E-state index contributed by atoms with van der Waals surface area (Å²) in [6.45, 7) is 45.9. The predicted octanol–water partition coefficient (Wildman–Crippen LogP) is 3.52. The molecule has 7 saturated heterocycles. The Bertz CT molecular complexity index is 1360. The molecule has 388 valence electrons. The van der Waals surface area contributed by atoms with Crippen molar-refractivity contribution in [2.75, 3.05) is 91.6 Å². The molecule has 7 aliphatic rings. The van der Waals surface area contributed by atoms with Crippen LogP contribution in [0.25, 0.3) is 0 Å². The number of nitrogens with two attached hydrogens (primary N) is 2. The number of phosphoric acid groups is 1. The van der Waals surface area contributed by atoms with E-state index in [2.05, 4.69) is 141 Å². The van der Waals surface area contributed by atoms with Crippen LogP contribution >= 0.6 is 7.82 Å². The maximum atomic E-state index is 10.4. The molecule has 0 amide bonds. The number of rotatable bonds is 9. The van der Waals surface area contributed by atoms with Gasteiger partial charge in [-0.25, -0.2) is 4.57 Å². The molecule has 66 heavy (non-hydrogen) atoms. The Hall–Kier alpha value is -1.35. The maximum Gasteiger partial charge on any atom is 0.469 e. The molecule has 0 aromatic carbocycles. The third-order valence-corrected chi connectivity index (χ3v) is 14.1. The lowest BCUT2D eigenvalue weighted by Gasteiger charge is -2.41. The van der Waals surface area contributed by atoms with Gasteiger partial charge in [-0.1, -0.05) is 6.92 Å². The minimum absolute atomic E-state index is 0.0441. The van der Waals surface area contributed by atoms with Gasteiger partial charge in [-0.3, -0.25) is 33.9 Å². The molecule has 0 aliphatic carbocycles. The fourth-order valence-electron chi connectivity index (χ4n) is 8.13. The fraction of sp³-hybridized carbons (Fsp3) is 0.958. The second kappa shape index (κ2) is 31.1. The summed E-state index contributed by atoms with van der Waals surface area (Å²) >= 11 is 0. The average molecular weight is 958 g/mol. The lowest BCUT2D eigenvalue weighted by molar-refractivity contribution is -0.0161. The summed E-state index contributed by atoms with van der Waals surface area (Å²) in [4.78, 5) is 33.0. The highest BCUT2D eigenvalue weighted by molar-refractivity contribution is 7.46. The van der Waals surface area contributed by atoms with Crippen molar-refractivity contribution in [1.29, 1.82) is 10.5 Å². The molecule has 0 aromatic rings. The smallest absolute Gasteiger partial charge is 0.390 e. The average Bonchev–Trinajstić information content (AvgIpc) is 3.88. The van der Waals surface area contributed by atoms with Crippen LogP contribution in [0.4, 0.5) is 0 Å². The lowest BCUT2D eigenvalue weighted by Crippen LogP contribution is -2.57. The molecule has 5 atom stereocenters. The third-order valence-electron chi connectivity index (χ3n) is 13.5. The summed E-state index contributed by atoms with van der Waals surface area (Å²) in [6, 6.07) is 9.57. The van der Waals surface area contributed by atoms with Gasteiger partial charge in [-0.2, -0.15) is 10.5 Å². The minimum atomic E-state index is -4.27. The molecular weight excluding hydrogens is 858 g/mol. The van der Waals surface area contributed by atoms with Crippen molar-refractivity contribution in [2.45, 2.75) is 189 Å². The van der Waals surface area contributed by atoms with E-state index in [-0.39, 0.29) is 24.0 Å². The summed E-state index contributed by atoms with van der Waals surface area (Å²) in [5.41, 5.74) is 11.3. The highest BCUT2D eigenvalue weighted by Crippen LogP contribution is 2.39. The van der Waals surface area contributed by atoms with E-state index in [1.54, 1.807) is 0 Å². The molecule has 7 aliphatic heterocycles. The molecule has 0 aromatic heterocycles. The van der Waals surface area contributed by atoms with Crippen LogP contribution in [-0.2, 0) is 9.09 Å². The van der Waals surface area contributed by atoms with Crippen molar-refractivity contribution in [3.8, 4) is 12.1 Å². The molecule has 0 radical (unpaired) electrons. The number of likely N-dealkylation sites (tertiary alicyclic amines) is 7. The van der Waals surface area contributed by atoms with Gasteiger partial charge in [0.15, 0.2) is 0 Å². The SMILES string of the molecule is CC(C)N1CC(N)C1.CC(C)N1CC(O)C1.CC(C)N1CC(OP(=O)(O)O)C1.CC(C)N1CCC1.CC(C)N1CC[C@H](N)C1.CC(C)N1C[C@@H](C#N)[C@@H](C)C1.CC(C)N1C[C@@H](O)[C@@H](C#N)C1. The Morgan fingerprint density at radius 1 is 0.515 bits per heavy atom. The number of nitriles is 2. The van der Waals surface area contributed by atoms with Crippen LogP contribution in [0.3, 0.4) is 0 Å². The first-order chi connectivity index (χ1) is 30.6. The largest absolute Gasteiger partial charge is 0.469 e. The molecule has 7 fully saturated rings. The summed E-state index contributed by atoms with van der Waals surface area (Å²) in [5, 5.41) is 35.5. The van der Waals surface area contributed by atoms with Gasteiger partial charge in [-0.05, 0) is 135 Å². The topological polar surface area (TPSA) is 230 Å². The highest BCUT2D eigenvalue weighted by Gasteiger charge is 2.35. The molecule has 17 nitrogen and oxygen atoms in total. The Morgan fingerprint density at radius 2 is 0.894 bits per heavy atom. The normalized spacial score (nSPS) is 27.1. The molecule has 0 spiro atoms. The van der Waals surface area contributed by atoms with Crippen molar-refractivity contribution in [1.82, 2.24) is 34.3 Å². The van der Waals surface area contributed by atoms with Gasteiger partial charge in [-0.15, -0.1) is 0 Å². The van der Waals surface area contributed by atoms with Gasteiger partial charge in [0, 0.05) is 126 Å². The van der Waals surface area contributed by atoms with Crippen molar-refractivity contribution in [3.05, 3.63) is 0 Å². The first-order valence-corrected chi connectivity index (χ1v) is 26.7. The van der Waals surface area contributed by atoms with Crippen LogP contribution in [-0.4, -0.2) is 219 Å². The van der Waals surface area contributed by atoms with Gasteiger partial charge >= 0.3 is 7.82 Å². The zero-order valence-electron chi connectivity index (χ0n) is 44.2.